The molecule has 1 fully saturated rings. The van der Waals surface area contributed by atoms with Gasteiger partial charge in [-0.3, -0.25) is 0 Å². The van der Waals surface area contributed by atoms with E-state index in [0.717, 1.165) is 31.9 Å². The van der Waals surface area contributed by atoms with Gasteiger partial charge in [-0.05, 0) is 37.0 Å². The Balaban J connectivity index is 2.05. The Bertz CT molecular complexity index is 434. The monoisotopic (exact) mass is 277 g/mol. The van der Waals surface area contributed by atoms with Gasteiger partial charge in [0.25, 0.3) is 0 Å². The number of aromatic nitrogens is 1. The molecule has 0 bridgehead atoms. The van der Waals surface area contributed by atoms with Crippen LogP contribution in [0, 0.1) is 6.92 Å². The van der Waals surface area contributed by atoms with E-state index in [4.69, 9.17) is 4.74 Å². The van der Waals surface area contributed by atoms with E-state index < -0.39 is 0 Å². The molecule has 2 heterocycles. The summed E-state index contributed by atoms with van der Waals surface area (Å²) in [5.41, 5.74) is 2.50. The second kappa shape index (κ2) is 7.04. The molecule has 0 amide bonds. The van der Waals surface area contributed by atoms with Crippen LogP contribution in [0.5, 0.6) is 0 Å². The Morgan fingerprint density at radius 2 is 2.30 bits per heavy atom. The van der Waals surface area contributed by atoms with Crippen molar-refractivity contribution < 1.29 is 4.74 Å². The Kier molecular flexibility index (Phi) is 5.38. The highest BCUT2D eigenvalue weighted by Crippen LogP contribution is 2.23. The van der Waals surface area contributed by atoms with Crippen LogP contribution in [0.25, 0.3) is 0 Å². The van der Waals surface area contributed by atoms with Crippen LogP contribution < -0.4 is 10.2 Å². The van der Waals surface area contributed by atoms with Crippen LogP contribution in [0.3, 0.4) is 0 Å². The van der Waals surface area contributed by atoms with Gasteiger partial charge in [-0.2, -0.15) is 0 Å². The minimum absolute atomic E-state index is 0.340. The molecule has 1 unspecified atom stereocenters. The Hall–Kier alpha value is -1.13. The van der Waals surface area contributed by atoms with E-state index in [0.29, 0.717) is 12.1 Å². The van der Waals surface area contributed by atoms with Crippen molar-refractivity contribution in [3.8, 4) is 0 Å². The van der Waals surface area contributed by atoms with E-state index >= 15 is 0 Å². The van der Waals surface area contributed by atoms with E-state index in [9.17, 15) is 0 Å². The highest BCUT2D eigenvalue weighted by atomic mass is 16.5. The van der Waals surface area contributed by atoms with Crippen molar-refractivity contribution in [2.24, 2.45) is 0 Å². The van der Waals surface area contributed by atoms with Gasteiger partial charge in [-0.25, -0.2) is 4.98 Å². The third kappa shape index (κ3) is 3.93. The largest absolute Gasteiger partial charge is 0.380 e. The number of piperidine rings is 1. The van der Waals surface area contributed by atoms with Gasteiger partial charge in [0.1, 0.15) is 5.82 Å². The summed E-state index contributed by atoms with van der Waals surface area (Å²) in [7, 11) is 1.80. The normalized spacial score (nSPS) is 19.6. The summed E-state index contributed by atoms with van der Waals surface area (Å²) in [4.78, 5) is 7.03. The SMILES string of the molecule is COC1CCCN(c2ncc(CNC(C)C)cc2C)C1. The first-order valence-electron chi connectivity index (χ1n) is 7.56. The van der Waals surface area contributed by atoms with Gasteiger partial charge >= 0.3 is 0 Å². The van der Waals surface area contributed by atoms with Crippen LogP contribution in [0.2, 0.25) is 0 Å². The third-order valence-electron chi connectivity index (χ3n) is 3.83. The van der Waals surface area contributed by atoms with Crippen molar-refractivity contribution in [2.75, 3.05) is 25.1 Å². The van der Waals surface area contributed by atoms with Gasteiger partial charge in [0, 0.05) is 39.0 Å². The standard InChI is InChI=1S/C16H27N3O/c1-12(2)17-9-14-8-13(3)16(18-10-14)19-7-5-6-15(11-19)20-4/h8,10,12,15,17H,5-7,9,11H2,1-4H3. The highest BCUT2D eigenvalue weighted by molar-refractivity contribution is 5.47. The maximum absolute atomic E-state index is 5.49. The summed E-state index contributed by atoms with van der Waals surface area (Å²) in [5, 5.41) is 3.43. The summed E-state index contributed by atoms with van der Waals surface area (Å²) in [6.07, 6.45) is 4.67. The predicted octanol–water partition coefficient (Wildman–Crippen LogP) is 2.50. The minimum Gasteiger partial charge on any atom is -0.380 e. The molecule has 0 spiro atoms. The molecule has 4 nitrogen and oxygen atoms in total. The Morgan fingerprint density at radius 3 is 2.95 bits per heavy atom. The molecule has 1 aliphatic rings. The minimum atomic E-state index is 0.340. The summed E-state index contributed by atoms with van der Waals surface area (Å²) in [6.45, 7) is 9.38. The number of ether oxygens (including phenoxy) is 1. The molecule has 112 valence electrons. The number of nitrogens with zero attached hydrogens (tertiary/aromatic N) is 2. The molecule has 1 aliphatic heterocycles. The Labute approximate surface area is 122 Å². The van der Waals surface area contributed by atoms with Crippen LogP contribution >= 0.6 is 0 Å². The lowest BCUT2D eigenvalue weighted by atomic mass is 10.1. The second-order valence-electron chi connectivity index (χ2n) is 5.97. The molecular formula is C16H27N3O. The predicted molar refractivity (Wildman–Crippen MR) is 83.2 cm³/mol. The average Bonchev–Trinajstić information content (AvgIpc) is 2.45. The van der Waals surface area contributed by atoms with Crippen LogP contribution in [-0.2, 0) is 11.3 Å². The first-order valence-corrected chi connectivity index (χ1v) is 7.56. The van der Waals surface area contributed by atoms with Crippen molar-refractivity contribution in [3.05, 3.63) is 23.4 Å². The molecule has 1 aromatic rings. The first-order chi connectivity index (χ1) is 9.60. The number of methoxy groups -OCH3 is 1. The zero-order valence-corrected chi connectivity index (χ0v) is 13.1. The van der Waals surface area contributed by atoms with Crippen LogP contribution in [-0.4, -0.2) is 37.3 Å². The molecule has 0 saturated carbocycles. The fourth-order valence-corrected chi connectivity index (χ4v) is 2.70. The zero-order chi connectivity index (χ0) is 14.5. The van der Waals surface area contributed by atoms with Gasteiger partial charge in [0.15, 0.2) is 0 Å². The third-order valence-corrected chi connectivity index (χ3v) is 3.83. The van der Waals surface area contributed by atoms with E-state index in [1.54, 1.807) is 7.11 Å². The number of rotatable bonds is 5. The molecule has 4 heteroatoms. The molecule has 20 heavy (non-hydrogen) atoms. The number of anilines is 1. The molecule has 0 aliphatic carbocycles. The van der Waals surface area contributed by atoms with Gasteiger partial charge in [0.05, 0.1) is 6.10 Å². The number of aryl methyl sites for hydroxylation is 1. The fraction of sp³-hybridized carbons (Fsp3) is 0.688. The summed E-state index contributed by atoms with van der Waals surface area (Å²) >= 11 is 0. The molecule has 1 N–H and O–H groups in total. The van der Waals surface area contributed by atoms with Crippen molar-refractivity contribution in [2.45, 2.75) is 52.3 Å². The first kappa shape index (κ1) is 15.3. The smallest absolute Gasteiger partial charge is 0.131 e. The number of pyridine rings is 1. The molecule has 2 rings (SSSR count). The number of hydrogen-bond acceptors (Lipinski definition) is 4. The summed E-state index contributed by atoms with van der Waals surface area (Å²) < 4.78 is 5.49. The second-order valence-corrected chi connectivity index (χ2v) is 5.97. The molecule has 1 atom stereocenters. The van der Waals surface area contributed by atoms with Gasteiger partial charge in [0.2, 0.25) is 0 Å². The number of nitrogens with one attached hydrogen (secondary N) is 1. The van der Waals surface area contributed by atoms with Gasteiger partial charge in [-0.15, -0.1) is 0 Å². The van der Waals surface area contributed by atoms with Crippen molar-refractivity contribution in [3.63, 3.8) is 0 Å². The maximum Gasteiger partial charge on any atom is 0.131 e. The highest BCUT2D eigenvalue weighted by Gasteiger charge is 2.21. The topological polar surface area (TPSA) is 37.4 Å². The fourth-order valence-electron chi connectivity index (χ4n) is 2.70. The molecule has 1 aromatic heterocycles. The lowest BCUT2D eigenvalue weighted by Crippen LogP contribution is -2.40. The van der Waals surface area contributed by atoms with Crippen LogP contribution in [0.4, 0.5) is 5.82 Å². The molecular weight excluding hydrogens is 250 g/mol. The van der Waals surface area contributed by atoms with E-state index in [-0.39, 0.29) is 0 Å². The van der Waals surface area contributed by atoms with Crippen molar-refractivity contribution >= 4 is 5.82 Å². The summed E-state index contributed by atoms with van der Waals surface area (Å²) in [5.74, 6) is 1.11. The molecule has 0 aromatic carbocycles. The lowest BCUT2D eigenvalue weighted by molar-refractivity contribution is 0.0891. The Morgan fingerprint density at radius 1 is 1.50 bits per heavy atom. The van der Waals surface area contributed by atoms with Crippen LogP contribution in [0.15, 0.2) is 12.3 Å². The van der Waals surface area contributed by atoms with E-state index in [2.05, 4.69) is 42.0 Å². The lowest BCUT2D eigenvalue weighted by Gasteiger charge is -2.33. The average molecular weight is 277 g/mol. The van der Waals surface area contributed by atoms with Gasteiger partial charge < -0.3 is 15.0 Å². The summed E-state index contributed by atoms with van der Waals surface area (Å²) in [6, 6.07) is 2.74. The van der Waals surface area contributed by atoms with Crippen molar-refractivity contribution in [1.82, 2.24) is 10.3 Å². The molecule has 1 saturated heterocycles. The zero-order valence-electron chi connectivity index (χ0n) is 13.1. The quantitative estimate of drug-likeness (QED) is 0.897. The maximum atomic E-state index is 5.49. The van der Waals surface area contributed by atoms with Crippen molar-refractivity contribution in [1.29, 1.82) is 0 Å². The van der Waals surface area contributed by atoms with E-state index in [1.807, 2.05) is 6.20 Å². The number of hydrogen-bond donors (Lipinski definition) is 1. The molecule has 0 radical (unpaired) electrons. The van der Waals surface area contributed by atoms with E-state index in [1.165, 1.54) is 17.5 Å². The van der Waals surface area contributed by atoms with Gasteiger partial charge in [-0.1, -0.05) is 13.8 Å². The van der Waals surface area contributed by atoms with Crippen LogP contribution in [0.1, 0.15) is 37.8 Å².